The average Bonchev–Trinajstić information content (AvgIpc) is 3.27. The second-order valence-electron chi connectivity index (χ2n) is 7.56. The van der Waals surface area contributed by atoms with Crippen LogP contribution in [-0.2, 0) is 0 Å². The summed E-state index contributed by atoms with van der Waals surface area (Å²) in [6.07, 6.45) is 5.20. The number of hydrogen-bond donors (Lipinski definition) is 0. The van der Waals surface area contributed by atoms with Crippen molar-refractivity contribution in [1.29, 1.82) is 5.26 Å². The lowest BCUT2D eigenvalue weighted by Crippen LogP contribution is -2.00. The number of nitrogens with zero attached hydrogens (tertiary/aromatic N) is 4. The molecule has 35 heavy (non-hydrogen) atoms. The van der Waals surface area contributed by atoms with Gasteiger partial charge in [0, 0.05) is 11.8 Å². The molecule has 2 heterocycles. The predicted octanol–water partition coefficient (Wildman–Crippen LogP) is 6.40. The van der Waals surface area contributed by atoms with E-state index in [-0.39, 0.29) is 5.75 Å². The van der Waals surface area contributed by atoms with Crippen molar-refractivity contribution in [2.45, 2.75) is 0 Å². The first-order valence-electron chi connectivity index (χ1n) is 10.8. The molecule has 7 heteroatoms. The second kappa shape index (κ2) is 9.49. The van der Waals surface area contributed by atoms with Crippen molar-refractivity contribution in [3.8, 4) is 29.1 Å². The van der Waals surface area contributed by atoms with E-state index >= 15 is 0 Å². The van der Waals surface area contributed by atoms with E-state index in [1.807, 2.05) is 53.1 Å². The van der Waals surface area contributed by atoms with Crippen LogP contribution in [0, 0.1) is 17.1 Å². The molecule has 0 saturated carbocycles. The lowest BCUT2D eigenvalue weighted by Gasteiger charge is -2.13. The molecule has 0 spiro atoms. The monoisotopic (exact) mass is 462 g/mol. The average molecular weight is 462 g/mol. The summed E-state index contributed by atoms with van der Waals surface area (Å²) in [5, 5.41) is 9.12. The van der Waals surface area contributed by atoms with E-state index in [1.54, 1.807) is 36.4 Å². The largest absolute Gasteiger partial charge is 0.493 e. The van der Waals surface area contributed by atoms with Gasteiger partial charge in [-0.2, -0.15) is 5.26 Å². The van der Waals surface area contributed by atoms with E-state index in [9.17, 15) is 4.39 Å². The number of pyridine rings is 1. The molecule has 6 nitrogen and oxygen atoms in total. The Morgan fingerprint density at radius 1 is 0.914 bits per heavy atom. The van der Waals surface area contributed by atoms with Gasteiger partial charge in [0.25, 0.3) is 0 Å². The zero-order valence-electron chi connectivity index (χ0n) is 18.7. The molecule has 3 aromatic carbocycles. The number of imidazole rings is 1. The number of halogens is 1. The van der Waals surface area contributed by atoms with Gasteiger partial charge >= 0.3 is 0 Å². The summed E-state index contributed by atoms with van der Waals surface area (Å²) in [5.41, 5.74) is 2.82. The number of benzene rings is 3. The van der Waals surface area contributed by atoms with Gasteiger partial charge in [0.15, 0.2) is 23.1 Å². The van der Waals surface area contributed by atoms with Crippen molar-refractivity contribution >= 4 is 23.2 Å². The van der Waals surface area contributed by atoms with Crippen LogP contribution in [0.4, 0.5) is 4.39 Å². The summed E-state index contributed by atoms with van der Waals surface area (Å²) in [4.78, 5) is 9.20. The van der Waals surface area contributed by atoms with Crippen LogP contribution in [0.25, 0.3) is 29.0 Å². The number of hydrogen-bond acceptors (Lipinski definition) is 5. The van der Waals surface area contributed by atoms with Crippen LogP contribution in [0.2, 0.25) is 0 Å². The Balaban J connectivity index is 1.60. The molecule has 0 aliphatic heterocycles. The molecule has 0 atom stereocenters. The van der Waals surface area contributed by atoms with Gasteiger partial charge in [-0.1, -0.05) is 36.4 Å². The molecule has 0 unspecified atom stereocenters. The maximum Gasteiger partial charge on any atom is 0.176 e. The van der Waals surface area contributed by atoms with Crippen LogP contribution in [0.1, 0.15) is 17.0 Å². The number of methoxy groups -OCH3 is 1. The molecule has 0 saturated heterocycles. The minimum absolute atomic E-state index is 0.0978. The smallest absolute Gasteiger partial charge is 0.176 e. The highest BCUT2D eigenvalue weighted by atomic mass is 19.1. The molecule has 0 bridgehead atoms. The molecule has 2 aromatic heterocycles. The number of ether oxygens (including phenoxy) is 2. The molecule has 5 aromatic rings. The number of nitriles is 1. The summed E-state index contributed by atoms with van der Waals surface area (Å²) in [6, 6.07) is 25.0. The summed E-state index contributed by atoms with van der Waals surface area (Å²) in [7, 11) is 1.53. The van der Waals surface area contributed by atoms with Crippen molar-refractivity contribution in [2.75, 3.05) is 7.11 Å². The van der Waals surface area contributed by atoms with Crippen molar-refractivity contribution in [3.05, 3.63) is 108 Å². The van der Waals surface area contributed by atoms with Gasteiger partial charge in [0.2, 0.25) is 0 Å². The van der Waals surface area contributed by atoms with Crippen LogP contribution < -0.4 is 9.47 Å². The van der Waals surface area contributed by atoms with E-state index in [0.29, 0.717) is 34.3 Å². The zero-order valence-corrected chi connectivity index (χ0v) is 18.7. The summed E-state index contributed by atoms with van der Waals surface area (Å²) in [5.74, 6) is 1.74. The first kappa shape index (κ1) is 21.9. The van der Waals surface area contributed by atoms with E-state index in [1.165, 1.54) is 19.4 Å². The Kier molecular flexibility index (Phi) is 5.93. The van der Waals surface area contributed by atoms with E-state index in [4.69, 9.17) is 19.7 Å². The standard InChI is InChI=1S/C28H19FN4O2/c1-34-25-12-6-7-20(28(25)35-24-11-5-2-8-21(24)29)14-16-27-32-22-9-3-4-10-23(22)33(27)26-15-13-19(17-30)18-31-26/h2-16,18H,1H3/b16-14+. The molecular formula is C28H19FN4O2. The Morgan fingerprint density at radius 3 is 2.49 bits per heavy atom. The van der Waals surface area contributed by atoms with Gasteiger partial charge in [0.05, 0.1) is 23.7 Å². The normalized spacial score (nSPS) is 11.0. The van der Waals surface area contributed by atoms with E-state index < -0.39 is 5.82 Å². The van der Waals surface area contributed by atoms with Crippen LogP contribution in [0.15, 0.2) is 85.1 Å². The minimum Gasteiger partial charge on any atom is -0.493 e. The van der Waals surface area contributed by atoms with Crippen LogP contribution in [0.5, 0.6) is 17.2 Å². The first-order valence-corrected chi connectivity index (χ1v) is 10.8. The lowest BCUT2D eigenvalue weighted by atomic mass is 10.1. The predicted molar refractivity (Wildman–Crippen MR) is 132 cm³/mol. The lowest BCUT2D eigenvalue weighted by molar-refractivity contribution is 0.370. The third kappa shape index (κ3) is 4.33. The topological polar surface area (TPSA) is 73.0 Å². The van der Waals surface area contributed by atoms with Crippen LogP contribution >= 0.6 is 0 Å². The van der Waals surface area contributed by atoms with Crippen molar-refractivity contribution < 1.29 is 13.9 Å². The highest BCUT2D eigenvalue weighted by molar-refractivity contribution is 5.82. The van der Waals surface area contributed by atoms with Gasteiger partial charge in [-0.3, -0.25) is 4.57 Å². The number of aromatic nitrogens is 3. The van der Waals surface area contributed by atoms with E-state index in [0.717, 1.165) is 11.0 Å². The van der Waals surface area contributed by atoms with Gasteiger partial charge in [-0.15, -0.1) is 0 Å². The molecule has 0 amide bonds. The summed E-state index contributed by atoms with van der Waals surface area (Å²) in [6.45, 7) is 0. The number of para-hydroxylation sites is 4. The second-order valence-corrected chi connectivity index (χ2v) is 7.56. The maximum absolute atomic E-state index is 14.3. The van der Waals surface area contributed by atoms with Gasteiger partial charge < -0.3 is 9.47 Å². The summed E-state index contributed by atoms with van der Waals surface area (Å²) >= 11 is 0. The molecule has 0 fully saturated rings. The third-order valence-corrected chi connectivity index (χ3v) is 5.38. The molecule has 0 N–H and O–H groups in total. The van der Waals surface area contributed by atoms with Crippen molar-refractivity contribution in [1.82, 2.24) is 14.5 Å². The van der Waals surface area contributed by atoms with Crippen LogP contribution in [-0.4, -0.2) is 21.6 Å². The Morgan fingerprint density at radius 2 is 1.71 bits per heavy atom. The van der Waals surface area contributed by atoms with Crippen molar-refractivity contribution in [2.24, 2.45) is 0 Å². The fourth-order valence-electron chi connectivity index (χ4n) is 3.72. The van der Waals surface area contributed by atoms with E-state index in [2.05, 4.69) is 11.1 Å². The highest BCUT2D eigenvalue weighted by Crippen LogP contribution is 2.37. The summed E-state index contributed by atoms with van der Waals surface area (Å²) < 4.78 is 27.6. The molecule has 5 rings (SSSR count). The Hall–Kier alpha value is -4.96. The highest BCUT2D eigenvalue weighted by Gasteiger charge is 2.14. The Labute approximate surface area is 201 Å². The number of rotatable bonds is 6. The molecule has 0 radical (unpaired) electrons. The van der Waals surface area contributed by atoms with Crippen LogP contribution in [0.3, 0.4) is 0 Å². The SMILES string of the molecule is COc1cccc(/C=C/c2nc3ccccc3n2-c2ccc(C#N)cn2)c1Oc1ccccc1F. The molecular weight excluding hydrogens is 443 g/mol. The van der Waals surface area contributed by atoms with Gasteiger partial charge in [-0.05, 0) is 54.6 Å². The van der Waals surface area contributed by atoms with Gasteiger partial charge in [0.1, 0.15) is 17.7 Å². The maximum atomic E-state index is 14.3. The quantitative estimate of drug-likeness (QED) is 0.292. The minimum atomic E-state index is -0.470. The molecule has 0 aliphatic rings. The van der Waals surface area contributed by atoms with Crippen molar-refractivity contribution in [3.63, 3.8) is 0 Å². The fourth-order valence-corrected chi connectivity index (χ4v) is 3.72. The first-order chi connectivity index (χ1) is 17.2. The number of fused-ring (bicyclic) bond motifs is 1. The zero-order chi connectivity index (χ0) is 24.2. The van der Waals surface area contributed by atoms with Gasteiger partial charge in [-0.25, -0.2) is 14.4 Å². The Bertz CT molecular complexity index is 1580. The molecule has 0 aliphatic carbocycles. The molecule has 170 valence electrons. The fraction of sp³-hybridized carbons (Fsp3) is 0.0357. The third-order valence-electron chi connectivity index (χ3n) is 5.38.